The summed E-state index contributed by atoms with van der Waals surface area (Å²) in [6.07, 6.45) is 0. The Morgan fingerprint density at radius 1 is 1.35 bits per heavy atom. The van der Waals surface area contributed by atoms with Crippen molar-refractivity contribution >= 4 is 33.1 Å². The SMILES string of the molecule is CNCc1sccc1S(=O)(=O)NCCN1CCSCC1. The highest BCUT2D eigenvalue weighted by molar-refractivity contribution is 7.99. The molecule has 5 nitrogen and oxygen atoms in total. The lowest BCUT2D eigenvalue weighted by molar-refractivity contribution is 0.307. The molecule has 0 saturated carbocycles. The Labute approximate surface area is 129 Å². The van der Waals surface area contributed by atoms with Crippen LogP contribution in [0.4, 0.5) is 0 Å². The van der Waals surface area contributed by atoms with Crippen LogP contribution in [-0.4, -0.2) is 58.1 Å². The summed E-state index contributed by atoms with van der Waals surface area (Å²) in [5.74, 6) is 2.28. The van der Waals surface area contributed by atoms with Gasteiger partial charge in [-0.05, 0) is 18.5 Å². The van der Waals surface area contributed by atoms with Crippen LogP contribution in [0.2, 0.25) is 0 Å². The number of hydrogen-bond acceptors (Lipinski definition) is 6. The molecular weight excluding hydrogens is 314 g/mol. The van der Waals surface area contributed by atoms with Gasteiger partial charge in [0.25, 0.3) is 0 Å². The number of nitrogens with one attached hydrogen (secondary N) is 2. The standard InChI is InChI=1S/C12H21N3O2S3/c1-13-10-11-12(2-7-19-11)20(16,17)14-3-4-15-5-8-18-9-6-15/h2,7,13-14H,3-6,8-10H2,1H3. The Hall–Kier alpha value is -0.120. The molecule has 1 aliphatic heterocycles. The van der Waals surface area contributed by atoms with Gasteiger partial charge in [-0.25, -0.2) is 13.1 Å². The number of thioether (sulfide) groups is 1. The summed E-state index contributed by atoms with van der Waals surface area (Å²) < 4.78 is 27.3. The summed E-state index contributed by atoms with van der Waals surface area (Å²) in [5.41, 5.74) is 0. The maximum Gasteiger partial charge on any atom is 0.241 e. The van der Waals surface area contributed by atoms with Crippen LogP contribution in [0.5, 0.6) is 0 Å². The van der Waals surface area contributed by atoms with Gasteiger partial charge < -0.3 is 10.2 Å². The topological polar surface area (TPSA) is 61.4 Å². The molecule has 1 fully saturated rings. The predicted octanol–water partition coefficient (Wildman–Crippen LogP) is 0.795. The quantitative estimate of drug-likeness (QED) is 0.772. The molecule has 2 rings (SSSR count). The number of nitrogens with zero attached hydrogens (tertiary/aromatic N) is 1. The number of hydrogen-bond donors (Lipinski definition) is 2. The predicted molar refractivity (Wildman–Crippen MR) is 86.0 cm³/mol. The van der Waals surface area contributed by atoms with Crippen molar-refractivity contribution in [2.24, 2.45) is 0 Å². The minimum Gasteiger partial charge on any atom is -0.315 e. The maximum absolute atomic E-state index is 12.3. The van der Waals surface area contributed by atoms with Crippen LogP contribution in [0.25, 0.3) is 0 Å². The molecule has 0 bridgehead atoms. The van der Waals surface area contributed by atoms with Crippen LogP contribution in [0, 0.1) is 0 Å². The van der Waals surface area contributed by atoms with Crippen LogP contribution in [-0.2, 0) is 16.6 Å². The lowest BCUT2D eigenvalue weighted by Gasteiger charge is -2.25. The van der Waals surface area contributed by atoms with Crippen LogP contribution < -0.4 is 10.0 Å². The third-order valence-electron chi connectivity index (χ3n) is 3.16. The van der Waals surface area contributed by atoms with Crippen molar-refractivity contribution in [3.05, 3.63) is 16.3 Å². The van der Waals surface area contributed by atoms with Gasteiger partial charge in [0.2, 0.25) is 10.0 Å². The van der Waals surface area contributed by atoms with Gasteiger partial charge in [-0.2, -0.15) is 11.8 Å². The molecule has 0 spiro atoms. The van der Waals surface area contributed by atoms with E-state index in [1.54, 1.807) is 6.07 Å². The Balaban J connectivity index is 1.88. The van der Waals surface area contributed by atoms with Gasteiger partial charge in [0.1, 0.15) is 0 Å². The summed E-state index contributed by atoms with van der Waals surface area (Å²) in [4.78, 5) is 3.57. The number of rotatable bonds is 7. The highest BCUT2D eigenvalue weighted by atomic mass is 32.2. The molecule has 1 saturated heterocycles. The first-order valence-corrected chi connectivity index (χ1v) is 10.2. The average Bonchev–Trinajstić information content (AvgIpc) is 2.89. The monoisotopic (exact) mass is 335 g/mol. The van der Waals surface area contributed by atoms with Gasteiger partial charge in [-0.15, -0.1) is 11.3 Å². The molecule has 2 N–H and O–H groups in total. The molecule has 20 heavy (non-hydrogen) atoms. The zero-order chi connectivity index (χ0) is 14.4. The van der Waals surface area contributed by atoms with E-state index in [-0.39, 0.29) is 0 Å². The van der Waals surface area contributed by atoms with E-state index in [1.807, 2.05) is 24.2 Å². The molecule has 1 aliphatic rings. The van der Waals surface area contributed by atoms with Crippen molar-refractivity contribution in [1.82, 2.24) is 14.9 Å². The van der Waals surface area contributed by atoms with Crippen LogP contribution in [0.3, 0.4) is 0 Å². The lowest BCUT2D eigenvalue weighted by Crippen LogP contribution is -2.39. The van der Waals surface area contributed by atoms with E-state index in [2.05, 4.69) is 14.9 Å². The van der Waals surface area contributed by atoms with E-state index in [9.17, 15) is 8.42 Å². The molecule has 1 aromatic heterocycles. The first-order valence-electron chi connectivity index (χ1n) is 6.64. The smallest absolute Gasteiger partial charge is 0.241 e. The van der Waals surface area contributed by atoms with Crippen LogP contribution >= 0.6 is 23.1 Å². The summed E-state index contributed by atoms with van der Waals surface area (Å²) in [5, 5.41) is 4.82. The first-order chi connectivity index (χ1) is 9.63. The van der Waals surface area contributed by atoms with Gasteiger partial charge in [0, 0.05) is 49.1 Å². The number of sulfonamides is 1. The highest BCUT2D eigenvalue weighted by Gasteiger charge is 2.19. The van der Waals surface area contributed by atoms with Crippen molar-refractivity contribution in [3.63, 3.8) is 0 Å². The molecule has 0 amide bonds. The maximum atomic E-state index is 12.3. The second-order valence-electron chi connectivity index (χ2n) is 4.59. The zero-order valence-corrected chi connectivity index (χ0v) is 14.0. The van der Waals surface area contributed by atoms with Gasteiger partial charge in [-0.3, -0.25) is 0 Å². The minimum absolute atomic E-state index is 0.408. The second-order valence-corrected chi connectivity index (χ2v) is 8.55. The molecule has 0 aliphatic carbocycles. The zero-order valence-electron chi connectivity index (χ0n) is 11.6. The molecule has 0 aromatic carbocycles. The van der Waals surface area contributed by atoms with Crippen molar-refractivity contribution in [1.29, 1.82) is 0 Å². The molecule has 2 heterocycles. The Kier molecular flexibility index (Phi) is 6.31. The first kappa shape index (κ1) is 16.3. The van der Waals surface area contributed by atoms with Crippen LogP contribution in [0.1, 0.15) is 4.88 Å². The number of thiophene rings is 1. The van der Waals surface area contributed by atoms with Crippen molar-refractivity contribution < 1.29 is 8.42 Å². The fourth-order valence-electron chi connectivity index (χ4n) is 2.10. The van der Waals surface area contributed by atoms with Crippen molar-refractivity contribution in [3.8, 4) is 0 Å². The van der Waals surface area contributed by atoms with E-state index in [0.717, 1.165) is 36.0 Å². The molecule has 1 aromatic rings. The van der Waals surface area contributed by atoms with Crippen molar-refractivity contribution in [2.75, 3.05) is 44.7 Å². The third kappa shape index (κ3) is 4.44. The molecule has 114 valence electrons. The highest BCUT2D eigenvalue weighted by Crippen LogP contribution is 2.21. The van der Waals surface area contributed by atoms with Crippen LogP contribution in [0.15, 0.2) is 16.3 Å². The van der Waals surface area contributed by atoms with Crippen molar-refractivity contribution in [2.45, 2.75) is 11.4 Å². The summed E-state index contributed by atoms with van der Waals surface area (Å²) >= 11 is 3.42. The molecule has 0 unspecified atom stereocenters. The van der Waals surface area contributed by atoms with E-state index in [4.69, 9.17) is 0 Å². The third-order valence-corrected chi connectivity index (χ3v) is 6.69. The summed E-state index contributed by atoms with van der Waals surface area (Å²) in [6, 6.07) is 1.68. The lowest BCUT2D eigenvalue weighted by atomic mass is 10.4. The Morgan fingerprint density at radius 2 is 2.10 bits per heavy atom. The van der Waals surface area contributed by atoms with Gasteiger partial charge in [0.15, 0.2) is 0 Å². The largest absolute Gasteiger partial charge is 0.315 e. The van der Waals surface area contributed by atoms with E-state index >= 15 is 0 Å². The van der Waals surface area contributed by atoms with E-state index in [0.29, 0.717) is 18.0 Å². The minimum atomic E-state index is -3.38. The molecule has 0 radical (unpaired) electrons. The van der Waals surface area contributed by atoms with Gasteiger partial charge in [-0.1, -0.05) is 0 Å². The van der Waals surface area contributed by atoms with Gasteiger partial charge in [0.05, 0.1) is 4.90 Å². The summed E-state index contributed by atoms with van der Waals surface area (Å²) in [7, 11) is -1.56. The second kappa shape index (κ2) is 7.77. The van der Waals surface area contributed by atoms with E-state index in [1.165, 1.54) is 11.3 Å². The molecular formula is C12H21N3O2S3. The molecule has 0 atom stereocenters. The molecule has 8 heteroatoms. The fraction of sp³-hybridized carbons (Fsp3) is 0.667. The van der Waals surface area contributed by atoms with E-state index < -0.39 is 10.0 Å². The fourth-order valence-corrected chi connectivity index (χ4v) is 5.55. The van der Waals surface area contributed by atoms with Gasteiger partial charge >= 0.3 is 0 Å². The normalized spacial score (nSPS) is 17.4. The Bertz CT molecular complexity index is 510. The average molecular weight is 336 g/mol. The Morgan fingerprint density at radius 3 is 2.80 bits per heavy atom. The summed E-state index contributed by atoms with van der Waals surface area (Å²) in [6.45, 7) is 3.94.